The van der Waals surface area contributed by atoms with Crippen molar-refractivity contribution in [1.29, 1.82) is 0 Å². The smallest absolute Gasteiger partial charge is 0.408 e. The second kappa shape index (κ2) is 6.77. The van der Waals surface area contributed by atoms with E-state index >= 15 is 0 Å². The number of hydrogen-bond acceptors (Lipinski definition) is 6. The van der Waals surface area contributed by atoms with Gasteiger partial charge in [-0.25, -0.2) is 14.3 Å². The number of carbonyl (C=O) groups is 1. The highest BCUT2D eigenvalue weighted by Crippen LogP contribution is 2.20. The van der Waals surface area contributed by atoms with Crippen molar-refractivity contribution in [2.24, 2.45) is 0 Å². The van der Waals surface area contributed by atoms with Crippen LogP contribution in [0.25, 0.3) is 16.7 Å². The second-order valence-electron chi connectivity index (χ2n) is 7.12. The maximum atomic E-state index is 13.1. The number of hydrogen-bond donors (Lipinski definition) is 0. The van der Waals surface area contributed by atoms with Crippen LogP contribution in [0.5, 0.6) is 0 Å². The summed E-state index contributed by atoms with van der Waals surface area (Å²) in [5, 5.41) is 4.57. The molecule has 0 aliphatic carbocycles. The summed E-state index contributed by atoms with van der Waals surface area (Å²) in [7, 11) is 0. The van der Waals surface area contributed by atoms with Crippen molar-refractivity contribution >= 4 is 28.5 Å². The predicted molar refractivity (Wildman–Crippen MR) is 107 cm³/mol. The van der Waals surface area contributed by atoms with Gasteiger partial charge in [0.1, 0.15) is 11.9 Å². The molecule has 1 saturated heterocycles. The van der Waals surface area contributed by atoms with Gasteiger partial charge in [0.2, 0.25) is 5.91 Å². The number of oxazole rings is 1. The van der Waals surface area contributed by atoms with Crippen molar-refractivity contribution < 1.29 is 9.21 Å². The lowest BCUT2D eigenvalue weighted by Gasteiger charge is -2.36. The highest BCUT2D eigenvalue weighted by atomic mass is 16.4. The first kappa shape index (κ1) is 17.5. The third-order valence-corrected chi connectivity index (χ3v) is 5.42. The molecule has 1 aromatic carbocycles. The topological polar surface area (TPSA) is 88.9 Å². The third kappa shape index (κ3) is 2.95. The van der Waals surface area contributed by atoms with Gasteiger partial charge in [-0.1, -0.05) is 12.1 Å². The predicted octanol–water partition coefficient (Wildman–Crippen LogP) is 1.55. The van der Waals surface area contributed by atoms with Gasteiger partial charge in [-0.2, -0.15) is 0 Å². The number of para-hydroxylation sites is 2. The fourth-order valence-corrected chi connectivity index (χ4v) is 3.86. The van der Waals surface area contributed by atoms with Gasteiger partial charge in [0.05, 0.1) is 5.52 Å². The van der Waals surface area contributed by atoms with Gasteiger partial charge < -0.3 is 14.2 Å². The maximum Gasteiger partial charge on any atom is 0.420 e. The molecule has 4 heterocycles. The monoisotopic (exact) mass is 392 g/mol. The van der Waals surface area contributed by atoms with E-state index in [1.54, 1.807) is 40.7 Å². The summed E-state index contributed by atoms with van der Waals surface area (Å²) in [4.78, 5) is 33.5. The molecule has 29 heavy (non-hydrogen) atoms. The molecule has 0 N–H and O–H groups in total. The van der Waals surface area contributed by atoms with E-state index in [4.69, 9.17) is 4.42 Å². The van der Waals surface area contributed by atoms with E-state index in [2.05, 4.69) is 15.0 Å². The van der Waals surface area contributed by atoms with Gasteiger partial charge in [0.25, 0.3) is 0 Å². The molecular formula is C20H20N6O3. The van der Waals surface area contributed by atoms with Crippen molar-refractivity contribution in [1.82, 2.24) is 24.1 Å². The number of carbonyl (C=O) groups excluding carboxylic acids is 1. The molecule has 0 unspecified atom stereocenters. The van der Waals surface area contributed by atoms with Gasteiger partial charge in [-0.3, -0.25) is 9.36 Å². The van der Waals surface area contributed by atoms with Gasteiger partial charge in [-0.05, 0) is 31.2 Å². The first-order chi connectivity index (χ1) is 14.1. The zero-order chi connectivity index (χ0) is 20.0. The Hall–Kier alpha value is -3.62. The SMILES string of the molecule is C[C@@H](C(=O)N1CCN(c2ccc3nccn3n2)CC1)n1c(=O)oc2ccccc21. The lowest BCUT2D eigenvalue weighted by Crippen LogP contribution is -2.51. The number of aromatic nitrogens is 4. The molecule has 9 heteroatoms. The molecule has 5 rings (SSSR count). The lowest BCUT2D eigenvalue weighted by molar-refractivity contribution is -0.134. The molecule has 1 fully saturated rings. The largest absolute Gasteiger partial charge is 0.420 e. The minimum atomic E-state index is -0.627. The summed E-state index contributed by atoms with van der Waals surface area (Å²) < 4.78 is 8.44. The number of anilines is 1. The summed E-state index contributed by atoms with van der Waals surface area (Å²) in [5.74, 6) is 0.257. The van der Waals surface area contributed by atoms with Gasteiger partial charge >= 0.3 is 5.76 Å². The Balaban J connectivity index is 1.31. The highest BCUT2D eigenvalue weighted by molar-refractivity contribution is 5.83. The Morgan fingerprint density at radius 3 is 2.72 bits per heavy atom. The number of nitrogens with zero attached hydrogens (tertiary/aromatic N) is 6. The van der Waals surface area contributed by atoms with Crippen LogP contribution in [0.15, 0.2) is 58.0 Å². The van der Waals surface area contributed by atoms with Crippen molar-refractivity contribution in [3.05, 3.63) is 59.3 Å². The summed E-state index contributed by atoms with van der Waals surface area (Å²) in [6.45, 7) is 4.22. The molecule has 148 valence electrons. The zero-order valence-electron chi connectivity index (χ0n) is 15.9. The Bertz CT molecular complexity index is 1250. The van der Waals surface area contributed by atoms with Crippen LogP contribution in [0.3, 0.4) is 0 Å². The number of rotatable bonds is 3. The standard InChI is InChI=1S/C20H20N6O3/c1-14(26-15-4-2-3-5-16(15)29-20(26)28)19(27)24-12-10-23(11-13-24)18-7-6-17-21-8-9-25(17)22-18/h2-9,14H,10-13H2,1H3/t14-/m0/s1. The molecule has 0 radical (unpaired) electrons. The average molecular weight is 392 g/mol. The van der Waals surface area contributed by atoms with Gasteiger partial charge in [0.15, 0.2) is 11.2 Å². The van der Waals surface area contributed by atoms with E-state index < -0.39 is 11.8 Å². The summed E-state index contributed by atoms with van der Waals surface area (Å²) in [6, 6.07) is 10.4. The van der Waals surface area contributed by atoms with Crippen LogP contribution in [-0.4, -0.2) is 56.2 Å². The maximum absolute atomic E-state index is 13.1. The van der Waals surface area contributed by atoms with Gasteiger partial charge in [0, 0.05) is 38.6 Å². The van der Waals surface area contributed by atoms with Crippen LogP contribution in [0.2, 0.25) is 0 Å². The molecule has 0 bridgehead atoms. The number of benzene rings is 1. The molecular weight excluding hydrogens is 372 g/mol. The quantitative estimate of drug-likeness (QED) is 0.526. The summed E-state index contributed by atoms with van der Waals surface area (Å²) in [5.41, 5.74) is 1.92. The number of amides is 1. The van der Waals surface area contributed by atoms with E-state index in [0.29, 0.717) is 37.3 Å². The van der Waals surface area contributed by atoms with Crippen molar-refractivity contribution in [2.75, 3.05) is 31.1 Å². The van der Waals surface area contributed by atoms with Gasteiger partial charge in [-0.15, -0.1) is 5.10 Å². The Labute approximate surface area is 165 Å². The Morgan fingerprint density at radius 2 is 1.90 bits per heavy atom. The molecule has 4 aromatic rings. The zero-order valence-corrected chi connectivity index (χ0v) is 15.9. The Morgan fingerprint density at radius 1 is 1.10 bits per heavy atom. The van der Waals surface area contributed by atoms with E-state index in [-0.39, 0.29) is 5.91 Å². The summed E-state index contributed by atoms with van der Waals surface area (Å²) >= 11 is 0. The summed E-state index contributed by atoms with van der Waals surface area (Å²) in [6.07, 6.45) is 3.53. The first-order valence-corrected chi connectivity index (χ1v) is 9.56. The normalized spacial score (nSPS) is 15.9. The fraction of sp³-hybridized carbons (Fsp3) is 0.300. The van der Waals surface area contributed by atoms with Crippen molar-refractivity contribution in [3.8, 4) is 0 Å². The molecule has 1 amide bonds. The van der Waals surface area contributed by atoms with Crippen LogP contribution >= 0.6 is 0 Å². The van der Waals surface area contributed by atoms with Crippen LogP contribution in [0.1, 0.15) is 13.0 Å². The minimum Gasteiger partial charge on any atom is -0.408 e. The molecule has 1 aliphatic rings. The molecule has 9 nitrogen and oxygen atoms in total. The molecule has 3 aromatic heterocycles. The number of piperazine rings is 1. The van der Waals surface area contributed by atoms with Crippen LogP contribution in [0.4, 0.5) is 5.82 Å². The van der Waals surface area contributed by atoms with Crippen LogP contribution in [-0.2, 0) is 4.79 Å². The first-order valence-electron chi connectivity index (χ1n) is 9.56. The van der Waals surface area contributed by atoms with E-state index in [0.717, 1.165) is 11.5 Å². The van der Waals surface area contributed by atoms with Crippen molar-refractivity contribution in [2.45, 2.75) is 13.0 Å². The van der Waals surface area contributed by atoms with E-state index in [1.165, 1.54) is 4.57 Å². The van der Waals surface area contributed by atoms with Crippen LogP contribution < -0.4 is 10.7 Å². The van der Waals surface area contributed by atoms with E-state index in [9.17, 15) is 9.59 Å². The highest BCUT2D eigenvalue weighted by Gasteiger charge is 2.28. The lowest BCUT2D eigenvalue weighted by atomic mass is 10.2. The molecule has 0 spiro atoms. The molecule has 1 atom stereocenters. The fourth-order valence-electron chi connectivity index (χ4n) is 3.86. The number of imidazole rings is 1. The molecule has 0 saturated carbocycles. The third-order valence-electron chi connectivity index (χ3n) is 5.42. The molecule has 1 aliphatic heterocycles. The van der Waals surface area contributed by atoms with Crippen LogP contribution in [0, 0.1) is 0 Å². The minimum absolute atomic E-state index is 0.0867. The van der Waals surface area contributed by atoms with Crippen molar-refractivity contribution in [3.63, 3.8) is 0 Å². The average Bonchev–Trinajstić information content (AvgIpc) is 3.35. The second-order valence-corrected chi connectivity index (χ2v) is 7.12. The number of fused-ring (bicyclic) bond motifs is 2. The van der Waals surface area contributed by atoms with E-state index in [1.807, 2.05) is 24.4 Å². The Kier molecular flexibility index (Phi) is 4.08.